The van der Waals surface area contributed by atoms with Crippen LogP contribution >= 0.6 is 0 Å². The van der Waals surface area contributed by atoms with Crippen LogP contribution in [0.4, 0.5) is 0 Å². The van der Waals surface area contributed by atoms with Gasteiger partial charge in [0.05, 0.1) is 18.5 Å². The molecule has 144 valence electrons. The highest BCUT2D eigenvalue weighted by Crippen LogP contribution is 2.25. The molecule has 0 N–H and O–H groups in total. The van der Waals surface area contributed by atoms with Crippen molar-refractivity contribution in [3.63, 3.8) is 0 Å². The van der Waals surface area contributed by atoms with Crippen LogP contribution in [0.2, 0.25) is 0 Å². The number of nitrogens with zero attached hydrogens (tertiary/aromatic N) is 4. The summed E-state index contributed by atoms with van der Waals surface area (Å²) in [6, 6.07) is 8.45. The quantitative estimate of drug-likeness (QED) is 0.477. The predicted octanol–water partition coefficient (Wildman–Crippen LogP) is 3.45. The summed E-state index contributed by atoms with van der Waals surface area (Å²) in [5.74, 6) is 0.111. The third-order valence-electron chi connectivity index (χ3n) is 3.91. The molecule has 8 nitrogen and oxygen atoms in total. The Hall–Kier alpha value is -3.55. The van der Waals surface area contributed by atoms with Crippen LogP contribution in [0.1, 0.15) is 46.0 Å². The average Bonchev–Trinajstić information content (AvgIpc) is 3.00. The molecule has 0 saturated heterocycles. The van der Waals surface area contributed by atoms with Crippen LogP contribution in [-0.2, 0) is 4.74 Å². The van der Waals surface area contributed by atoms with Gasteiger partial charge in [0.25, 0.3) is 5.95 Å². The second kappa shape index (κ2) is 7.99. The Labute approximate surface area is 162 Å². The van der Waals surface area contributed by atoms with Gasteiger partial charge in [-0.05, 0) is 58.0 Å². The van der Waals surface area contributed by atoms with Crippen molar-refractivity contribution in [3.8, 4) is 17.6 Å². The third kappa shape index (κ3) is 4.06. The molecule has 8 heteroatoms. The number of carbonyl (C=O) groups excluding carboxylic acids is 2. The van der Waals surface area contributed by atoms with E-state index in [4.69, 9.17) is 9.47 Å². The molecule has 0 amide bonds. The zero-order chi connectivity index (χ0) is 20.3. The summed E-state index contributed by atoms with van der Waals surface area (Å²) < 4.78 is 12.4. The second-order valence-corrected chi connectivity index (χ2v) is 6.13. The van der Waals surface area contributed by atoms with Gasteiger partial charge in [0.15, 0.2) is 5.78 Å². The number of carbonyl (C=O) groups is 2. The Morgan fingerprint density at radius 1 is 1.14 bits per heavy atom. The highest BCUT2D eigenvalue weighted by atomic mass is 16.5. The molecule has 0 saturated carbocycles. The summed E-state index contributed by atoms with van der Waals surface area (Å²) >= 11 is 0. The summed E-state index contributed by atoms with van der Waals surface area (Å²) in [6.45, 7) is 7.16. The van der Waals surface area contributed by atoms with Gasteiger partial charge in [0, 0.05) is 11.3 Å². The van der Waals surface area contributed by atoms with E-state index in [1.807, 2.05) is 19.9 Å². The fourth-order valence-electron chi connectivity index (χ4n) is 2.59. The van der Waals surface area contributed by atoms with Crippen LogP contribution in [0.25, 0.3) is 5.95 Å². The Kier molecular flexibility index (Phi) is 5.49. The number of rotatable bonds is 6. The number of ether oxygens (including phenoxy) is 2. The zero-order valence-corrected chi connectivity index (χ0v) is 16.1. The van der Waals surface area contributed by atoms with Gasteiger partial charge in [-0.1, -0.05) is 0 Å². The third-order valence-corrected chi connectivity index (χ3v) is 3.91. The van der Waals surface area contributed by atoms with Crippen molar-refractivity contribution in [2.45, 2.75) is 27.7 Å². The van der Waals surface area contributed by atoms with E-state index < -0.39 is 5.97 Å². The molecule has 0 bridgehead atoms. The molecule has 1 aromatic carbocycles. The molecular weight excluding hydrogens is 360 g/mol. The van der Waals surface area contributed by atoms with Gasteiger partial charge in [-0.15, -0.1) is 0 Å². The minimum atomic E-state index is -0.585. The maximum atomic E-state index is 12.3. The largest absolute Gasteiger partial charge is 0.462 e. The number of aryl methyl sites for hydroxylation is 2. The molecule has 0 atom stereocenters. The number of aromatic nitrogens is 4. The number of benzene rings is 1. The lowest BCUT2D eigenvalue weighted by molar-refractivity contribution is 0.0522. The molecule has 0 unspecified atom stereocenters. The van der Waals surface area contributed by atoms with Gasteiger partial charge in [-0.25, -0.2) is 14.5 Å². The highest BCUT2D eigenvalue weighted by molar-refractivity contribution is 5.94. The van der Waals surface area contributed by atoms with Crippen LogP contribution in [0.15, 0.2) is 36.5 Å². The Balaban J connectivity index is 2.01. The first-order valence-electron chi connectivity index (χ1n) is 8.75. The Morgan fingerprint density at radius 2 is 1.86 bits per heavy atom. The van der Waals surface area contributed by atoms with Crippen molar-refractivity contribution in [1.29, 1.82) is 0 Å². The van der Waals surface area contributed by atoms with Gasteiger partial charge in [-0.2, -0.15) is 10.1 Å². The molecule has 28 heavy (non-hydrogen) atoms. The lowest BCUT2D eigenvalue weighted by Gasteiger charge is -2.11. The molecule has 0 radical (unpaired) electrons. The number of esters is 1. The van der Waals surface area contributed by atoms with E-state index in [1.165, 1.54) is 13.1 Å². The van der Waals surface area contributed by atoms with Crippen LogP contribution in [0.3, 0.4) is 0 Å². The molecule has 3 aromatic rings. The van der Waals surface area contributed by atoms with Crippen molar-refractivity contribution in [1.82, 2.24) is 19.7 Å². The van der Waals surface area contributed by atoms with Gasteiger partial charge in [0.1, 0.15) is 11.3 Å². The second-order valence-electron chi connectivity index (χ2n) is 6.13. The molecule has 0 spiro atoms. The fraction of sp³-hybridized carbons (Fsp3) is 0.250. The summed E-state index contributed by atoms with van der Waals surface area (Å²) in [6.07, 6.45) is 1.36. The van der Waals surface area contributed by atoms with Gasteiger partial charge in [0.2, 0.25) is 5.88 Å². The summed E-state index contributed by atoms with van der Waals surface area (Å²) in [5.41, 5.74) is 2.32. The molecule has 0 aliphatic carbocycles. The number of hydrogen-bond donors (Lipinski definition) is 0. The van der Waals surface area contributed by atoms with E-state index in [0.29, 0.717) is 11.3 Å². The Bertz CT molecular complexity index is 1030. The smallest absolute Gasteiger partial charge is 0.345 e. The topological polar surface area (TPSA) is 96.2 Å². The molecular formula is C20H20N4O4. The van der Waals surface area contributed by atoms with E-state index in [9.17, 15) is 9.59 Å². The summed E-state index contributed by atoms with van der Waals surface area (Å²) in [4.78, 5) is 32.3. The van der Waals surface area contributed by atoms with Crippen LogP contribution in [0.5, 0.6) is 11.6 Å². The predicted molar refractivity (Wildman–Crippen MR) is 101 cm³/mol. The van der Waals surface area contributed by atoms with Crippen LogP contribution in [-0.4, -0.2) is 38.1 Å². The first kappa shape index (κ1) is 19.2. The number of hydrogen-bond acceptors (Lipinski definition) is 7. The van der Waals surface area contributed by atoms with E-state index >= 15 is 0 Å². The van der Waals surface area contributed by atoms with E-state index in [2.05, 4.69) is 15.1 Å². The normalized spacial score (nSPS) is 10.6. The molecule has 0 fully saturated rings. The van der Waals surface area contributed by atoms with Crippen molar-refractivity contribution < 1.29 is 19.1 Å². The van der Waals surface area contributed by atoms with Gasteiger partial charge >= 0.3 is 5.97 Å². The first-order chi connectivity index (χ1) is 13.4. The lowest BCUT2D eigenvalue weighted by atomic mass is 10.1. The van der Waals surface area contributed by atoms with E-state index in [1.54, 1.807) is 35.9 Å². The number of ketones is 1. The maximum absolute atomic E-state index is 12.3. The Morgan fingerprint density at radius 3 is 2.43 bits per heavy atom. The van der Waals surface area contributed by atoms with Crippen molar-refractivity contribution in [2.24, 2.45) is 0 Å². The van der Waals surface area contributed by atoms with E-state index in [-0.39, 0.29) is 29.8 Å². The minimum absolute atomic E-state index is 0.0478. The standard InChI is InChI=1S/C20H20N4O4/c1-5-27-19(26)17-11-21-20(24-13(3)10-12(2)23-24)22-18(17)28-16-8-6-15(7-9-16)14(4)25/h6-11H,5H2,1-4H3. The van der Waals surface area contributed by atoms with Gasteiger partial charge in [-0.3, -0.25) is 4.79 Å². The highest BCUT2D eigenvalue weighted by Gasteiger charge is 2.20. The average molecular weight is 380 g/mol. The zero-order valence-electron chi connectivity index (χ0n) is 16.1. The minimum Gasteiger partial charge on any atom is -0.462 e. The van der Waals surface area contributed by atoms with Crippen molar-refractivity contribution in [2.75, 3.05) is 6.61 Å². The maximum Gasteiger partial charge on any atom is 0.345 e. The number of Topliss-reactive ketones (excluding diaryl/α,β-unsaturated/α-hetero) is 1. The monoisotopic (exact) mass is 380 g/mol. The molecule has 0 aliphatic rings. The summed E-state index contributed by atoms with van der Waals surface area (Å²) in [7, 11) is 0. The van der Waals surface area contributed by atoms with Crippen LogP contribution < -0.4 is 4.74 Å². The van der Waals surface area contributed by atoms with Crippen molar-refractivity contribution >= 4 is 11.8 Å². The lowest BCUT2D eigenvalue weighted by Crippen LogP contribution is -2.12. The van der Waals surface area contributed by atoms with Gasteiger partial charge < -0.3 is 9.47 Å². The van der Waals surface area contributed by atoms with Crippen LogP contribution in [0, 0.1) is 13.8 Å². The molecule has 2 heterocycles. The van der Waals surface area contributed by atoms with E-state index in [0.717, 1.165) is 11.4 Å². The molecule has 2 aromatic heterocycles. The van der Waals surface area contributed by atoms with Crippen molar-refractivity contribution in [3.05, 3.63) is 59.0 Å². The summed E-state index contributed by atoms with van der Waals surface area (Å²) in [5, 5.41) is 4.35. The first-order valence-corrected chi connectivity index (χ1v) is 8.75. The SMILES string of the molecule is CCOC(=O)c1cnc(-n2nc(C)cc2C)nc1Oc1ccc(C(C)=O)cc1. The fourth-order valence-corrected chi connectivity index (χ4v) is 2.59. The molecule has 0 aliphatic heterocycles. The molecule has 3 rings (SSSR count).